The molecule has 96 valence electrons. The van der Waals surface area contributed by atoms with Gasteiger partial charge in [0.05, 0.1) is 6.33 Å². The van der Waals surface area contributed by atoms with E-state index in [1.807, 2.05) is 18.7 Å². The number of nitrogens with one attached hydrogen (secondary N) is 1. The van der Waals surface area contributed by atoms with Crippen LogP contribution in [0, 0.1) is 0 Å². The fraction of sp³-hybridized carbons (Fsp3) is 0.400. The van der Waals surface area contributed by atoms with Crippen molar-refractivity contribution in [3.63, 3.8) is 0 Å². The van der Waals surface area contributed by atoms with E-state index in [4.69, 9.17) is 0 Å². The Kier molecular flexibility index (Phi) is 4.53. The zero-order valence-corrected chi connectivity index (χ0v) is 11.1. The molecule has 0 radical (unpaired) electrons. The Morgan fingerprint density at radius 2 is 2.00 bits per heavy atom. The summed E-state index contributed by atoms with van der Waals surface area (Å²) in [6, 6.07) is 9.18. The van der Waals surface area contributed by atoms with Crippen molar-refractivity contribution < 1.29 is 0 Å². The lowest BCUT2D eigenvalue weighted by molar-refractivity contribution is 0.588. The molecule has 2 aromatic rings. The maximum absolute atomic E-state index is 4.08. The molecule has 2 rings (SSSR count). The highest BCUT2D eigenvalue weighted by Gasteiger charge is 2.02. The summed E-state index contributed by atoms with van der Waals surface area (Å²) in [6.45, 7) is 6.28. The molecule has 0 aliphatic rings. The minimum atomic E-state index is 0.547. The molecule has 0 spiro atoms. The molecule has 0 bridgehead atoms. The maximum Gasteiger partial charge on any atom is 0.0949 e. The van der Waals surface area contributed by atoms with Gasteiger partial charge >= 0.3 is 0 Å². The van der Waals surface area contributed by atoms with Crippen molar-refractivity contribution >= 4 is 0 Å². The third-order valence-electron chi connectivity index (χ3n) is 2.98. The van der Waals surface area contributed by atoms with Gasteiger partial charge in [0.25, 0.3) is 0 Å². The minimum absolute atomic E-state index is 0.547. The lowest BCUT2D eigenvalue weighted by Crippen LogP contribution is -2.25. The van der Waals surface area contributed by atoms with E-state index < -0.39 is 0 Å². The number of hydrogen-bond acceptors (Lipinski definition) is 2. The molecular weight excluding hydrogens is 222 g/mol. The van der Waals surface area contributed by atoms with Crippen LogP contribution in [0.25, 0.3) is 0 Å². The monoisotopic (exact) mass is 243 g/mol. The van der Waals surface area contributed by atoms with E-state index in [1.165, 1.54) is 11.1 Å². The fourth-order valence-electron chi connectivity index (χ4n) is 2.03. The summed E-state index contributed by atoms with van der Waals surface area (Å²) >= 11 is 0. The van der Waals surface area contributed by atoms with Gasteiger partial charge in [0.2, 0.25) is 0 Å². The van der Waals surface area contributed by atoms with Crippen LogP contribution in [0.2, 0.25) is 0 Å². The summed E-state index contributed by atoms with van der Waals surface area (Å²) in [7, 11) is 0. The molecule has 0 fully saturated rings. The molecule has 3 heteroatoms. The van der Waals surface area contributed by atoms with Gasteiger partial charge in [-0.2, -0.15) is 0 Å². The number of aromatic nitrogens is 2. The Balaban J connectivity index is 2.01. The van der Waals surface area contributed by atoms with E-state index in [0.29, 0.717) is 6.04 Å². The van der Waals surface area contributed by atoms with Crippen LogP contribution in [-0.2, 0) is 13.0 Å². The first-order valence-corrected chi connectivity index (χ1v) is 6.51. The Labute approximate surface area is 109 Å². The van der Waals surface area contributed by atoms with Gasteiger partial charge in [0.1, 0.15) is 0 Å². The van der Waals surface area contributed by atoms with Crippen LogP contribution in [0.3, 0.4) is 0 Å². The van der Waals surface area contributed by atoms with Crippen molar-refractivity contribution in [3.05, 3.63) is 54.1 Å². The predicted molar refractivity (Wildman–Crippen MR) is 74.6 cm³/mol. The van der Waals surface area contributed by atoms with E-state index in [9.17, 15) is 0 Å². The second kappa shape index (κ2) is 6.36. The highest BCUT2D eigenvalue weighted by molar-refractivity contribution is 5.27. The highest BCUT2D eigenvalue weighted by Crippen LogP contribution is 2.11. The molecule has 0 unspecified atom stereocenters. The van der Waals surface area contributed by atoms with Gasteiger partial charge in [0.15, 0.2) is 0 Å². The second-order valence-electron chi connectivity index (χ2n) is 4.86. The number of benzene rings is 1. The van der Waals surface area contributed by atoms with Crippen molar-refractivity contribution in [2.24, 2.45) is 0 Å². The molecule has 0 saturated heterocycles. The van der Waals surface area contributed by atoms with Gasteiger partial charge < -0.3 is 9.88 Å². The third kappa shape index (κ3) is 3.70. The van der Waals surface area contributed by atoms with Crippen LogP contribution in [0.5, 0.6) is 0 Å². The zero-order chi connectivity index (χ0) is 12.8. The van der Waals surface area contributed by atoms with Gasteiger partial charge in [-0.25, -0.2) is 4.98 Å². The SMILES string of the molecule is CC(C)NCCc1ccccc1Cn1ccnc1. The van der Waals surface area contributed by atoms with Gasteiger partial charge in [-0.15, -0.1) is 0 Å². The Morgan fingerprint density at radius 3 is 2.67 bits per heavy atom. The Hall–Kier alpha value is -1.61. The van der Waals surface area contributed by atoms with E-state index in [-0.39, 0.29) is 0 Å². The molecule has 3 nitrogen and oxygen atoms in total. The fourth-order valence-corrected chi connectivity index (χ4v) is 2.03. The zero-order valence-electron chi connectivity index (χ0n) is 11.1. The molecule has 0 amide bonds. The molecule has 0 saturated carbocycles. The van der Waals surface area contributed by atoms with Crippen LogP contribution >= 0.6 is 0 Å². The number of hydrogen-bond donors (Lipinski definition) is 1. The summed E-state index contributed by atoms with van der Waals surface area (Å²) in [5.41, 5.74) is 2.79. The molecule has 1 N–H and O–H groups in total. The first-order chi connectivity index (χ1) is 8.75. The summed E-state index contributed by atoms with van der Waals surface area (Å²) < 4.78 is 2.11. The van der Waals surface area contributed by atoms with Gasteiger partial charge in [-0.1, -0.05) is 38.1 Å². The van der Waals surface area contributed by atoms with Crippen LogP contribution in [0.15, 0.2) is 43.0 Å². The summed E-state index contributed by atoms with van der Waals surface area (Å²) in [5, 5.41) is 3.46. The van der Waals surface area contributed by atoms with Crippen LogP contribution in [-0.4, -0.2) is 22.1 Å². The summed E-state index contributed by atoms with van der Waals surface area (Å²) in [6.07, 6.45) is 6.76. The van der Waals surface area contributed by atoms with Crippen molar-refractivity contribution in [2.45, 2.75) is 32.9 Å². The average Bonchev–Trinajstić information content (AvgIpc) is 2.84. The molecule has 1 aromatic carbocycles. The van der Waals surface area contributed by atoms with E-state index in [2.05, 4.69) is 53.0 Å². The normalized spacial score (nSPS) is 11.1. The summed E-state index contributed by atoms with van der Waals surface area (Å²) in [4.78, 5) is 4.08. The third-order valence-corrected chi connectivity index (χ3v) is 2.98. The van der Waals surface area contributed by atoms with Crippen molar-refractivity contribution in [3.8, 4) is 0 Å². The van der Waals surface area contributed by atoms with Crippen LogP contribution in [0.1, 0.15) is 25.0 Å². The second-order valence-corrected chi connectivity index (χ2v) is 4.86. The number of nitrogens with zero attached hydrogens (tertiary/aromatic N) is 2. The quantitative estimate of drug-likeness (QED) is 0.844. The first kappa shape index (κ1) is 12.8. The Bertz CT molecular complexity index is 460. The van der Waals surface area contributed by atoms with Crippen LogP contribution < -0.4 is 5.32 Å². The number of imidazole rings is 1. The number of rotatable bonds is 6. The van der Waals surface area contributed by atoms with Crippen molar-refractivity contribution in [2.75, 3.05) is 6.54 Å². The van der Waals surface area contributed by atoms with Gasteiger partial charge in [0, 0.05) is 25.0 Å². The molecule has 0 aliphatic heterocycles. The smallest absolute Gasteiger partial charge is 0.0949 e. The van der Waals surface area contributed by atoms with E-state index in [1.54, 1.807) is 0 Å². The van der Waals surface area contributed by atoms with E-state index >= 15 is 0 Å². The molecule has 0 atom stereocenters. The van der Waals surface area contributed by atoms with Crippen molar-refractivity contribution in [1.29, 1.82) is 0 Å². The molecule has 0 aliphatic carbocycles. The topological polar surface area (TPSA) is 29.9 Å². The van der Waals surface area contributed by atoms with E-state index in [0.717, 1.165) is 19.5 Å². The average molecular weight is 243 g/mol. The molecule has 1 aromatic heterocycles. The lowest BCUT2D eigenvalue weighted by atomic mass is 10.0. The minimum Gasteiger partial charge on any atom is -0.333 e. The molecule has 18 heavy (non-hydrogen) atoms. The molecular formula is C15H21N3. The van der Waals surface area contributed by atoms with Gasteiger partial charge in [-0.05, 0) is 24.1 Å². The molecule has 1 heterocycles. The Morgan fingerprint density at radius 1 is 1.22 bits per heavy atom. The maximum atomic E-state index is 4.08. The first-order valence-electron chi connectivity index (χ1n) is 6.51. The summed E-state index contributed by atoms with van der Waals surface area (Å²) in [5.74, 6) is 0. The predicted octanol–water partition coefficient (Wildman–Crippen LogP) is 2.47. The van der Waals surface area contributed by atoms with Crippen LogP contribution in [0.4, 0.5) is 0 Å². The highest BCUT2D eigenvalue weighted by atomic mass is 15.0. The standard InChI is InChI=1S/C15H21N3/c1-13(2)17-8-7-14-5-3-4-6-15(14)11-18-10-9-16-12-18/h3-6,9-10,12-13,17H,7-8,11H2,1-2H3. The largest absolute Gasteiger partial charge is 0.333 e. The van der Waals surface area contributed by atoms with Gasteiger partial charge in [-0.3, -0.25) is 0 Å². The van der Waals surface area contributed by atoms with Crippen molar-refractivity contribution in [1.82, 2.24) is 14.9 Å². The lowest BCUT2D eigenvalue weighted by Gasteiger charge is -2.12.